The number of likely N-dealkylation sites (tertiary alicyclic amines) is 1. The third kappa shape index (κ3) is 8.62. The van der Waals surface area contributed by atoms with Crippen LogP contribution in [0.4, 0.5) is 16.2 Å². The number of hydrogen-bond acceptors (Lipinski definition) is 6. The predicted molar refractivity (Wildman–Crippen MR) is 150 cm³/mol. The highest BCUT2D eigenvalue weighted by atomic mass is 16.5. The number of amides is 3. The Balaban J connectivity index is 1.46. The van der Waals surface area contributed by atoms with Crippen molar-refractivity contribution in [3.05, 3.63) is 72.4 Å². The average Bonchev–Trinajstić information content (AvgIpc) is 3.35. The van der Waals surface area contributed by atoms with Gasteiger partial charge in [0, 0.05) is 34.9 Å². The van der Waals surface area contributed by atoms with E-state index in [2.05, 4.69) is 39.3 Å². The van der Waals surface area contributed by atoms with E-state index < -0.39 is 6.03 Å². The summed E-state index contributed by atoms with van der Waals surface area (Å²) in [6, 6.07) is 9.75. The average molecular weight is 522 g/mol. The van der Waals surface area contributed by atoms with E-state index >= 15 is 0 Å². The van der Waals surface area contributed by atoms with Gasteiger partial charge in [0.15, 0.2) is 0 Å². The molecule has 0 aliphatic carbocycles. The van der Waals surface area contributed by atoms with Crippen molar-refractivity contribution >= 4 is 23.3 Å². The normalized spacial score (nSPS) is 16.0. The zero-order valence-corrected chi connectivity index (χ0v) is 23.0. The summed E-state index contributed by atoms with van der Waals surface area (Å²) in [5.41, 5.74) is 1.61. The van der Waals surface area contributed by atoms with Gasteiger partial charge in [-0.1, -0.05) is 34.3 Å². The number of benzene rings is 1. The van der Waals surface area contributed by atoms with Crippen molar-refractivity contribution in [2.24, 2.45) is 11.3 Å². The minimum Gasteiger partial charge on any atom is -0.500 e. The second kappa shape index (κ2) is 13.1. The molecule has 3 rings (SSSR count). The lowest BCUT2D eigenvalue weighted by molar-refractivity contribution is 0.102. The van der Waals surface area contributed by atoms with Gasteiger partial charge in [0.25, 0.3) is 5.91 Å². The lowest BCUT2D eigenvalue weighted by atomic mass is 9.93. The van der Waals surface area contributed by atoms with Gasteiger partial charge in [-0.05, 0) is 62.0 Å². The van der Waals surface area contributed by atoms with Crippen molar-refractivity contribution in [2.45, 2.75) is 34.1 Å². The van der Waals surface area contributed by atoms with E-state index in [0.29, 0.717) is 41.1 Å². The molecule has 1 aromatic carbocycles. The Kier molecular flexibility index (Phi) is 9.90. The van der Waals surface area contributed by atoms with Gasteiger partial charge in [0.2, 0.25) is 0 Å². The first-order valence-corrected chi connectivity index (χ1v) is 12.8. The second-order valence-electron chi connectivity index (χ2n) is 10.3. The fourth-order valence-corrected chi connectivity index (χ4v) is 4.07. The Morgan fingerprint density at radius 3 is 2.37 bits per heavy atom. The van der Waals surface area contributed by atoms with Gasteiger partial charge in [-0.3, -0.25) is 4.79 Å². The first kappa shape index (κ1) is 28.7. The Bertz CT molecular complexity index is 1140. The summed E-state index contributed by atoms with van der Waals surface area (Å²) >= 11 is 0. The van der Waals surface area contributed by atoms with Crippen LogP contribution in [0.2, 0.25) is 0 Å². The van der Waals surface area contributed by atoms with Crippen LogP contribution >= 0.6 is 0 Å². The summed E-state index contributed by atoms with van der Waals surface area (Å²) in [6.07, 6.45) is 4.41. The van der Waals surface area contributed by atoms with Crippen LogP contribution in [0.5, 0.6) is 5.75 Å². The Labute approximate surface area is 225 Å². The molecule has 38 heavy (non-hydrogen) atoms. The first-order chi connectivity index (χ1) is 18.1. The van der Waals surface area contributed by atoms with E-state index in [1.807, 2.05) is 20.8 Å². The number of pyridine rings is 1. The lowest BCUT2D eigenvalue weighted by Crippen LogP contribution is -2.27. The zero-order chi connectivity index (χ0) is 27.7. The van der Waals surface area contributed by atoms with Crippen molar-refractivity contribution in [3.8, 4) is 5.75 Å². The van der Waals surface area contributed by atoms with Crippen LogP contribution < -0.4 is 20.7 Å². The number of rotatable bonds is 10. The van der Waals surface area contributed by atoms with E-state index in [9.17, 15) is 9.59 Å². The van der Waals surface area contributed by atoms with Crippen molar-refractivity contribution < 1.29 is 19.1 Å². The first-order valence-electron chi connectivity index (χ1n) is 12.8. The minimum atomic E-state index is -0.436. The number of ether oxygens (including phenoxy) is 2. The smallest absolute Gasteiger partial charge is 0.323 e. The number of urea groups is 1. The molecule has 1 saturated heterocycles. The lowest BCUT2D eigenvalue weighted by Gasteiger charge is -2.22. The highest BCUT2D eigenvalue weighted by Gasteiger charge is 2.22. The van der Waals surface area contributed by atoms with E-state index in [1.165, 1.54) is 0 Å². The number of anilines is 2. The van der Waals surface area contributed by atoms with Crippen LogP contribution in [0.25, 0.3) is 0 Å². The van der Waals surface area contributed by atoms with Gasteiger partial charge >= 0.3 is 6.03 Å². The molecule has 0 unspecified atom stereocenters. The number of allylic oxidation sites excluding steroid dienone is 2. The van der Waals surface area contributed by atoms with Gasteiger partial charge in [0.1, 0.15) is 17.2 Å². The fraction of sp³-hybridized carbons (Fsp3) is 0.414. The largest absolute Gasteiger partial charge is 0.500 e. The summed E-state index contributed by atoms with van der Waals surface area (Å²) in [6.45, 7) is 15.9. The topological polar surface area (TPSA) is 105 Å². The molecule has 9 nitrogen and oxygen atoms in total. The number of nitrogens with zero attached hydrogens (tertiary/aromatic N) is 2. The summed E-state index contributed by atoms with van der Waals surface area (Å²) in [7, 11) is 1.59. The summed E-state index contributed by atoms with van der Waals surface area (Å²) in [5, 5.41) is 8.22. The van der Waals surface area contributed by atoms with Crippen molar-refractivity contribution in [1.82, 2.24) is 15.2 Å². The molecule has 3 amide bonds. The standard InChI is InChI=1S/C29H39N5O4/c1-7-34-15-14-21(18-34)19-38-24-12-13-25(30-17-24)27(35)32-22-8-10-23(11-9-22)33-28(36)31-20(2)16-26(37-6)29(3,4)5/h8-13,16-17,21H,2,7,14-15,18-19H2,1,3-6H3,(H,32,35)(H2,31,33,36)/b26-16-/t21-/m1/s1. The van der Waals surface area contributed by atoms with Crippen LogP contribution in [-0.4, -0.2) is 55.2 Å². The van der Waals surface area contributed by atoms with Crippen LogP contribution in [0.3, 0.4) is 0 Å². The SMILES string of the molecule is C=C(/C=C(\OC)C(C)(C)C)NC(=O)Nc1ccc(NC(=O)c2ccc(OC[C@@H]3CCN(CC)C3)cn2)cc1. The second-order valence-corrected chi connectivity index (χ2v) is 10.3. The van der Waals surface area contributed by atoms with Gasteiger partial charge in [-0.25, -0.2) is 9.78 Å². The third-order valence-corrected chi connectivity index (χ3v) is 6.21. The Hall–Kier alpha value is -3.85. The summed E-state index contributed by atoms with van der Waals surface area (Å²) in [4.78, 5) is 31.6. The molecule has 0 saturated carbocycles. The van der Waals surface area contributed by atoms with Crippen LogP contribution in [0.15, 0.2) is 66.7 Å². The molecule has 1 aliphatic rings. The molecule has 0 radical (unpaired) electrons. The third-order valence-electron chi connectivity index (χ3n) is 6.21. The number of methoxy groups -OCH3 is 1. The molecule has 204 valence electrons. The minimum absolute atomic E-state index is 0.215. The molecular formula is C29H39N5O4. The van der Waals surface area contributed by atoms with Crippen molar-refractivity contribution in [3.63, 3.8) is 0 Å². The predicted octanol–water partition coefficient (Wildman–Crippen LogP) is 5.27. The van der Waals surface area contributed by atoms with E-state index in [0.717, 1.165) is 26.1 Å². The van der Waals surface area contributed by atoms with Crippen molar-refractivity contribution in [2.75, 3.05) is 44.0 Å². The molecule has 2 heterocycles. The zero-order valence-electron chi connectivity index (χ0n) is 23.0. The van der Waals surface area contributed by atoms with E-state index in [-0.39, 0.29) is 17.0 Å². The highest BCUT2D eigenvalue weighted by Crippen LogP contribution is 2.26. The maximum atomic E-state index is 12.6. The molecule has 1 aliphatic heterocycles. The molecule has 1 aromatic heterocycles. The highest BCUT2D eigenvalue weighted by molar-refractivity contribution is 6.03. The maximum Gasteiger partial charge on any atom is 0.323 e. The molecule has 0 bridgehead atoms. The van der Waals surface area contributed by atoms with E-state index in [4.69, 9.17) is 9.47 Å². The van der Waals surface area contributed by atoms with E-state index in [1.54, 1.807) is 55.8 Å². The van der Waals surface area contributed by atoms with Gasteiger partial charge in [-0.2, -0.15) is 0 Å². The van der Waals surface area contributed by atoms with Gasteiger partial charge in [-0.15, -0.1) is 0 Å². The number of aromatic nitrogens is 1. The molecule has 1 atom stereocenters. The molecule has 0 spiro atoms. The van der Waals surface area contributed by atoms with Crippen LogP contribution in [0.1, 0.15) is 44.6 Å². The molecule has 2 aromatic rings. The van der Waals surface area contributed by atoms with Gasteiger partial charge in [0.05, 0.1) is 19.9 Å². The maximum absolute atomic E-state index is 12.6. The number of hydrogen-bond donors (Lipinski definition) is 3. The fourth-order valence-electron chi connectivity index (χ4n) is 4.07. The van der Waals surface area contributed by atoms with Crippen molar-refractivity contribution in [1.29, 1.82) is 0 Å². The van der Waals surface area contributed by atoms with Crippen LogP contribution in [-0.2, 0) is 4.74 Å². The summed E-state index contributed by atoms with van der Waals surface area (Å²) in [5.74, 6) is 1.54. The number of nitrogens with one attached hydrogen (secondary N) is 3. The Morgan fingerprint density at radius 1 is 1.13 bits per heavy atom. The van der Waals surface area contributed by atoms with Gasteiger partial charge < -0.3 is 30.3 Å². The molecule has 3 N–H and O–H groups in total. The molecule has 9 heteroatoms. The number of carbonyl (C=O) groups is 2. The van der Waals surface area contributed by atoms with Crippen LogP contribution in [0, 0.1) is 11.3 Å². The Morgan fingerprint density at radius 2 is 1.82 bits per heavy atom. The number of carbonyl (C=O) groups excluding carboxylic acids is 2. The monoisotopic (exact) mass is 521 g/mol. The quantitative estimate of drug-likeness (QED) is 0.291. The molecular weight excluding hydrogens is 482 g/mol. The summed E-state index contributed by atoms with van der Waals surface area (Å²) < 4.78 is 11.3. The molecule has 1 fully saturated rings.